The molecule has 1 saturated heterocycles. The minimum absolute atomic E-state index is 0.0554. The van der Waals surface area contributed by atoms with Gasteiger partial charge in [0.25, 0.3) is 0 Å². The highest BCUT2D eigenvalue weighted by atomic mass is 19.4. The first-order valence-electron chi connectivity index (χ1n) is 5.03. The average molecular weight is 254 g/mol. The molecular weight excluding hydrogens is 241 g/mol. The van der Waals surface area contributed by atoms with Crippen molar-refractivity contribution >= 4 is 12.0 Å². The highest BCUT2D eigenvalue weighted by Crippen LogP contribution is 2.23. The number of carbonyl (C=O) groups is 2. The number of urea groups is 1. The van der Waals surface area contributed by atoms with Crippen LogP contribution in [-0.4, -0.2) is 47.8 Å². The Hall–Kier alpha value is -1.47. The Labute approximate surface area is 95.6 Å². The van der Waals surface area contributed by atoms with Gasteiger partial charge in [-0.1, -0.05) is 6.92 Å². The summed E-state index contributed by atoms with van der Waals surface area (Å²) in [6.07, 6.45) is -4.47. The fourth-order valence-corrected chi connectivity index (χ4v) is 1.74. The highest BCUT2D eigenvalue weighted by molar-refractivity contribution is 5.77. The first-order valence-corrected chi connectivity index (χ1v) is 5.03. The third kappa shape index (κ3) is 3.79. The van der Waals surface area contributed by atoms with Gasteiger partial charge in [0.05, 0.1) is 5.92 Å². The maximum absolute atomic E-state index is 11.9. The summed E-state index contributed by atoms with van der Waals surface area (Å²) < 4.78 is 35.6. The molecule has 98 valence electrons. The van der Waals surface area contributed by atoms with Crippen molar-refractivity contribution in [2.45, 2.75) is 13.1 Å². The van der Waals surface area contributed by atoms with Gasteiger partial charge in [-0.3, -0.25) is 4.79 Å². The normalized spacial score (nSPS) is 24.8. The lowest BCUT2D eigenvalue weighted by Gasteiger charge is -2.17. The first-order chi connectivity index (χ1) is 7.70. The summed E-state index contributed by atoms with van der Waals surface area (Å²) in [6, 6.07) is -0.877. The zero-order valence-corrected chi connectivity index (χ0v) is 9.12. The lowest BCUT2D eigenvalue weighted by molar-refractivity contribution is -0.142. The summed E-state index contributed by atoms with van der Waals surface area (Å²) in [5.74, 6) is -2.01. The molecule has 0 spiro atoms. The molecule has 1 aliphatic rings. The summed E-state index contributed by atoms with van der Waals surface area (Å²) >= 11 is 0. The Bertz CT molecular complexity index is 319. The number of alkyl halides is 3. The van der Waals surface area contributed by atoms with Crippen LogP contribution in [0.4, 0.5) is 18.0 Å². The third-order valence-electron chi connectivity index (χ3n) is 2.66. The van der Waals surface area contributed by atoms with Gasteiger partial charge in [-0.15, -0.1) is 0 Å². The number of likely N-dealkylation sites (tertiary alicyclic amines) is 1. The van der Waals surface area contributed by atoms with Crippen LogP contribution in [0.25, 0.3) is 0 Å². The largest absolute Gasteiger partial charge is 0.481 e. The number of carboxylic acid groups (broad SMARTS) is 1. The predicted octanol–water partition coefficient (Wildman–Crippen LogP) is 0.911. The Morgan fingerprint density at radius 2 is 2.00 bits per heavy atom. The quantitative estimate of drug-likeness (QED) is 0.769. The summed E-state index contributed by atoms with van der Waals surface area (Å²) in [4.78, 5) is 23.2. The molecule has 1 aliphatic heterocycles. The summed E-state index contributed by atoms with van der Waals surface area (Å²) in [5, 5.41) is 10.5. The van der Waals surface area contributed by atoms with E-state index in [2.05, 4.69) is 0 Å². The van der Waals surface area contributed by atoms with Crippen molar-refractivity contribution < 1.29 is 27.9 Å². The molecule has 1 heterocycles. The van der Waals surface area contributed by atoms with Crippen LogP contribution in [-0.2, 0) is 4.79 Å². The number of halogens is 3. The molecule has 2 N–H and O–H groups in total. The molecule has 0 saturated carbocycles. The van der Waals surface area contributed by atoms with Crippen LogP contribution in [0.3, 0.4) is 0 Å². The number of carboxylic acids is 1. The standard InChI is InChI=1S/C9H13F3N2O3/c1-5-2-14(3-6(5)7(15)16)8(17)13-4-9(10,11)12/h5-6H,2-4H2,1H3,(H,13,17)(H,15,16)/t5-,6-/m1/s1. The van der Waals surface area contributed by atoms with Gasteiger partial charge in [-0.05, 0) is 5.92 Å². The van der Waals surface area contributed by atoms with Gasteiger partial charge >= 0.3 is 18.2 Å². The molecule has 0 aromatic heterocycles. The SMILES string of the molecule is C[C@@H]1CN(C(=O)NCC(F)(F)F)C[C@H]1C(=O)O. The highest BCUT2D eigenvalue weighted by Gasteiger charge is 2.38. The van der Waals surface area contributed by atoms with E-state index in [0.717, 1.165) is 4.90 Å². The van der Waals surface area contributed by atoms with Gasteiger partial charge < -0.3 is 15.3 Å². The van der Waals surface area contributed by atoms with Crippen molar-refractivity contribution in [3.63, 3.8) is 0 Å². The van der Waals surface area contributed by atoms with Crippen molar-refractivity contribution in [3.8, 4) is 0 Å². The van der Waals surface area contributed by atoms with E-state index in [4.69, 9.17) is 5.11 Å². The minimum Gasteiger partial charge on any atom is -0.481 e. The molecule has 0 aromatic rings. The van der Waals surface area contributed by atoms with Crippen LogP contribution in [0.5, 0.6) is 0 Å². The maximum atomic E-state index is 11.9. The first kappa shape index (κ1) is 13.6. The molecule has 8 heteroatoms. The number of nitrogens with zero attached hydrogens (tertiary/aromatic N) is 1. The van der Waals surface area contributed by atoms with Crippen LogP contribution in [0, 0.1) is 11.8 Å². The molecule has 0 unspecified atom stereocenters. The number of hydrogen-bond donors (Lipinski definition) is 2. The van der Waals surface area contributed by atoms with Crippen molar-refractivity contribution in [1.82, 2.24) is 10.2 Å². The summed E-state index contributed by atoms with van der Waals surface area (Å²) in [6.45, 7) is 0.338. The van der Waals surface area contributed by atoms with E-state index in [9.17, 15) is 22.8 Å². The second kappa shape index (κ2) is 4.80. The van der Waals surface area contributed by atoms with Crippen molar-refractivity contribution in [2.75, 3.05) is 19.6 Å². The molecule has 0 aromatic carbocycles. The van der Waals surface area contributed by atoms with E-state index in [1.807, 2.05) is 0 Å². The van der Waals surface area contributed by atoms with Crippen molar-refractivity contribution in [2.24, 2.45) is 11.8 Å². The van der Waals surface area contributed by atoms with E-state index in [1.165, 1.54) is 0 Å². The second-order valence-electron chi connectivity index (χ2n) is 4.10. The van der Waals surface area contributed by atoms with Crippen LogP contribution >= 0.6 is 0 Å². The van der Waals surface area contributed by atoms with Gasteiger partial charge in [-0.25, -0.2) is 4.79 Å². The van der Waals surface area contributed by atoms with Crippen LogP contribution < -0.4 is 5.32 Å². The zero-order valence-electron chi connectivity index (χ0n) is 9.12. The van der Waals surface area contributed by atoms with E-state index >= 15 is 0 Å². The molecule has 1 fully saturated rings. The minimum atomic E-state index is -4.47. The van der Waals surface area contributed by atoms with Crippen molar-refractivity contribution in [3.05, 3.63) is 0 Å². The van der Waals surface area contributed by atoms with E-state index in [1.54, 1.807) is 12.2 Å². The summed E-state index contributed by atoms with van der Waals surface area (Å²) in [5.41, 5.74) is 0. The lowest BCUT2D eigenvalue weighted by Crippen LogP contribution is -2.43. The molecular formula is C9H13F3N2O3. The smallest absolute Gasteiger partial charge is 0.405 e. The monoisotopic (exact) mass is 254 g/mol. The molecule has 0 radical (unpaired) electrons. The van der Waals surface area contributed by atoms with Crippen LogP contribution in [0.2, 0.25) is 0 Å². The molecule has 0 aliphatic carbocycles. The number of carbonyl (C=O) groups excluding carboxylic acids is 1. The van der Waals surface area contributed by atoms with Gasteiger partial charge in [-0.2, -0.15) is 13.2 Å². The number of rotatable bonds is 2. The zero-order chi connectivity index (χ0) is 13.2. The van der Waals surface area contributed by atoms with Gasteiger partial charge in [0.15, 0.2) is 0 Å². The lowest BCUT2D eigenvalue weighted by atomic mass is 9.99. The third-order valence-corrected chi connectivity index (χ3v) is 2.66. The number of amides is 2. The predicted molar refractivity (Wildman–Crippen MR) is 51.3 cm³/mol. The number of nitrogens with one attached hydrogen (secondary N) is 1. The van der Waals surface area contributed by atoms with Crippen LogP contribution in [0.15, 0.2) is 0 Å². The fraction of sp³-hybridized carbons (Fsp3) is 0.778. The van der Waals surface area contributed by atoms with E-state index < -0.39 is 30.6 Å². The number of aliphatic carboxylic acids is 1. The topological polar surface area (TPSA) is 69.6 Å². The molecule has 2 amide bonds. The molecule has 5 nitrogen and oxygen atoms in total. The second-order valence-corrected chi connectivity index (χ2v) is 4.10. The Kier molecular flexibility index (Phi) is 3.84. The van der Waals surface area contributed by atoms with Gasteiger partial charge in [0.1, 0.15) is 6.54 Å². The van der Waals surface area contributed by atoms with E-state index in [-0.39, 0.29) is 19.0 Å². The fourth-order valence-electron chi connectivity index (χ4n) is 1.74. The summed E-state index contributed by atoms with van der Waals surface area (Å²) in [7, 11) is 0. The Morgan fingerprint density at radius 3 is 2.41 bits per heavy atom. The Morgan fingerprint density at radius 1 is 1.41 bits per heavy atom. The van der Waals surface area contributed by atoms with Crippen molar-refractivity contribution in [1.29, 1.82) is 0 Å². The molecule has 1 rings (SSSR count). The van der Waals surface area contributed by atoms with Crippen LogP contribution in [0.1, 0.15) is 6.92 Å². The molecule has 2 atom stereocenters. The van der Waals surface area contributed by atoms with Gasteiger partial charge in [0, 0.05) is 13.1 Å². The molecule has 0 bridgehead atoms. The Balaban J connectivity index is 2.48. The van der Waals surface area contributed by atoms with Gasteiger partial charge in [0.2, 0.25) is 0 Å². The number of hydrogen-bond acceptors (Lipinski definition) is 2. The molecule has 17 heavy (non-hydrogen) atoms. The van der Waals surface area contributed by atoms with E-state index in [0.29, 0.717) is 0 Å². The average Bonchev–Trinajstić information content (AvgIpc) is 2.55. The maximum Gasteiger partial charge on any atom is 0.405 e.